The number of amides is 1. The maximum atomic E-state index is 12.7. The number of aryl methyl sites for hydroxylation is 3. The largest absolute Gasteiger partial charge is 0.497 e. The van der Waals surface area contributed by atoms with E-state index in [0.29, 0.717) is 13.2 Å². The first-order valence-electron chi connectivity index (χ1n) is 11.3. The summed E-state index contributed by atoms with van der Waals surface area (Å²) in [6.07, 6.45) is 6.04. The van der Waals surface area contributed by atoms with E-state index < -0.39 is 0 Å². The lowest BCUT2D eigenvalue weighted by Crippen LogP contribution is -2.20. The number of methoxy groups -OCH3 is 1. The van der Waals surface area contributed by atoms with E-state index in [1.165, 1.54) is 18.4 Å². The second-order valence-electron chi connectivity index (χ2n) is 8.29. The van der Waals surface area contributed by atoms with Gasteiger partial charge in [-0.25, -0.2) is 0 Å². The minimum absolute atomic E-state index is 0.132. The molecule has 3 aromatic rings. The van der Waals surface area contributed by atoms with E-state index in [-0.39, 0.29) is 5.91 Å². The van der Waals surface area contributed by atoms with Crippen LogP contribution < -0.4 is 14.8 Å². The molecule has 5 nitrogen and oxygen atoms in total. The minimum Gasteiger partial charge on any atom is -0.497 e. The third-order valence-electron chi connectivity index (χ3n) is 6.11. The fourth-order valence-corrected chi connectivity index (χ4v) is 4.42. The first-order chi connectivity index (χ1) is 15.5. The molecule has 32 heavy (non-hydrogen) atoms. The number of hydrogen-bond acceptors (Lipinski definition) is 4. The molecule has 0 unspecified atom stereocenters. The van der Waals surface area contributed by atoms with Crippen molar-refractivity contribution in [2.24, 2.45) is 0 Å². The lowest BCUT2D eigenvalue weighted by atomic mass is 9.93. The first kappa shape index (κ1) is 22.0. The summed E-state index contributed by atoms with van der Waals surface area (Å²) >= 11 is 0. The summed E-state index contributed by atoms with van der Waals surface area (Å²) in [5.41, 5.74) is 6.07. The fraction of sp³-hybridized carbons (Fsp3) is 0.370. The van der Waals surface area contributed by atoms with Crippen molar-refractivity contribution in [1.29, 1.82) is 0 Å². The van der Waals surface area contributed by atoms with E-state index in [4.69, 9.17) is 13.9 Å². The Kier molecular flexibility index (Phi) is 6.54. The molecule has 0 spiro atoms. The van der Waals surface area contributed by atoms with Crippen LogP contribution in [0, 0.1) is 6.92 Å². The van der Waals surface area contributed by atoms with Crippen LogP contribution in [0.2, 0.25) is 0 Å². The van der Waals surface area contributed by atoms with Gasteiger partial charge < -0.3 is 19.2 Å². The van der Waals surface area contributed by atoms with Crippen LogP contribution in [-0.4, -0.2) is 19.6 Å². The molecule has 1 aliphatic rings. The molecule has 2 aromatic carbocycles. The van der Waals surface area contributed by atoms with Crippen LogP contribution in [0.1, 0.15) is 54.7 Å². The second kappa shape index (κ2) is 9.51. The maximum Gasteiger partial charge on any atom is 0.244 e. The number of fused-ring (bicyclic) bond motifs is 3. The molecule has 1 aromatic heterocycles. The monoisotopic (exact) mass is 433 g/mol. The lowest BCUT2D eigenvalue weighted by Gasteiger charge is -2.15. The molecule has 168 valence electrons. The van der Waals surface area contributed by atoms with Gasteiger partial charge in [0.05, 0.1) is 13.7 Å². The van der Waals surface area contributed by atoms with Crippen molar-refractivity contribution in [1.82, 2.24) is 5.32 Å². The highest BCUT2D eigenvalue weighted by Gasteiger charge is 2.23. The minimum atomic E-state index is -0.132. The molecule has 5 heteroatoms. The van der Waals surface area contributed by atoms with Crippen molar-refractivity contribution in [2.45, 2.75) is 53.0 Å². The molecule has 1 aliphatic carbocycles. The van der Waals surface area contributed by atoms with Gasteiger partial charge in [-0.3, -0.25) is 4.79 Å². The fourth-order valence-electron chi connectivity index (χ4n) is 4.42. The van der Waals surface area contributed by atoms with E-state index >= 15 is 0 Å². The lowest BCUT2D eigenvalue weighted by molar-refractivity contribution is -0.116. The Balaban J connectivity index is 1.61. The molecule has 0 bridgehead atoms. The van der Waals surface area contributed by atoms with Gasteiger partial charge in [0.25, 0.3) is 0 Å². The van der Waals surface area contributed by atoms with Gasteiger partial charge in [0, 0.05) is 41.1 Å². The third kappa shape index (κ3) is 4.38. The highest BCUT2D eigenvalue weighted by molar-refractivity contribution is 5.98. The van der Waals surface area contributed by atoms with E-state index in [9.17, 15) is 4.79 Å². The SMILES string of the molecule is CCOc1c(/C(C)=C/C(=O)NCc2ccc(OC)cc2)cc2c3c(oc2c1C)CCCC3. The summed E-state index contributed by atoms with van der Waals surface area (Å²) in [5, 5.41) is 4.12. The Morgan fingerprint density at radius 2 is 1.94 bits per heavy atom. The molecule has 0 saturated heterocycles. The highest BCUT2D eigenvalue weighted by Crippen LogP contribution is 2.41. The van der Waals surface area contributed by atoms with Gasteiger partial charge >= 0.3 is 0 Å². The van der Waals surface area contributed by atoms with Crippen LogP contribution >= 0.6 is 0 Å². The number of nitrogens with one attached hydrogen (secondary N) is 1. The number of rotatable bonds is 7. The predicted molar refractivity (Wildman–Crippen MR) is 127 cm³/mol. The number of furan rings is 1. The first-order valence-corrected chi connectivity index (χ1v) is 11.3. The van der Waals surface area contributed by atoms with Gasteiger partial charge in [-0.05, 0) is 69.4 Å². The van der Waals surface area contributed by atoms with Crippen molar-refractivity contribution >= 4 is 22.4 Å². The number of hydrogen-bond donors (Lipinski definition) is 1. The summed E-state index contributed by atoms with van der Waals surface area (Å²) in [6, 6.07) is 9.81. The molecule has 4 rings (SSSR count). The molecular formula is C27H31NO4. The predicted octanol–water partition coefficient (Wildman–Crippen LogP) is 5.75. The molecule has 1 heterocycles. The standard InChI is InChI=1S/C27H31NO4/c1-5-31-26-18(3)27-23(21-8-6-7-9-24(21)32-27)15-22(26)17(2)14-25(29)28-16-19-10-12-20(30-4)13-11-19/h10-15H,5-9,16H2,1-4H3,(H,28,29)/b17-14+. The van der Waals surface area contributed by atoms with Crippen molar-refractivity contribution in [3.8, 4) is 11.5 Å². The summed E-state index contributed by atoms with van der Waals surface area (Å²) in [5.74, 6) is 2.56. The average Bonchev–Trinajstić information content (AvgIpc) is 3.19. The van der Waals surface area contributed by atoms with Gasteiger partial charge in [0.15, 0.2) is 0 Å². The second-order valence-corrected chi connectivity index (χ2v) is 8.29. The topological polar surface area (TPSA) is 60.7 Å². The van der Waals surface area contributed by atoms with Crippen molar-refractivity contribution in [3.05, 3.63) is 64.4 Å². The van der Waals surface area contributed by atoms with E-state index in [1.807, 2.05) is 45.0 Å². The van der Waals surface area contributed by atoms with Gasteiger partial charge in [0.2, 0.25) is 5.91 Å². The quantitative estimate of drug-likeness (QED) is 0.482. The smallest absolute Gasteiger partial charge is 0.244 e. The summed E-state index contributed by atoms with van der Waals surface area (Å²) in [4.78, 5) is 12.7. The van der Waals surface area contributed by atoms with Crippen LogP contribution in [0.15, 0.2) is 40.8 Å². The van der Waals surface area contributed by atoms with Gasteiger partial charge in [0.1, 0.15) is 22.8 Å². The zero-order valence-electron chi connectivity index (χ0n) is 19.3. The number of carbonyl (C=O) groups excluding carboxylic acids is 1. The Morgan fingerprint density at radius 1 is 1.19 bits per heavy atom. The number of ether oxygens (including phenoxy) is 2. The summed E-state index contributed by atoms with van der Waals surface area (Å²) in [6.45, 7) is 6.99. The van der Waals surface area contributed by atoms with Crippen LogP contribution in [0.5, 0.6) is 11.5 Å². The van der Waals surface area contributed by atoms with E-state index in [2.05, 4.69) is 11.4 Å². The molecule has 0 fully saturated rings. The molecule has 1 amide bonds. The zero-order chi connectivity index (χ0) is 22.7. The van der Waals surface area contributed by atoms with E-state index in [1.54, 1.807) is 13.2 Å². The van der Waals surface area contributed by atoms with Crippen LogP contribution in [0.25, 0.3) is 16.5 Å². The van der Waals surface area contributed by atoms with Crippen LogP contribution in [0.4, 0.5) is 0 Å². The Bertz CT molecular complexity index is 1150. The molecule has 0 saturated carbocycles. The third-order valence-corrected chi connectivity index (χ3v) is 6.11. The summed E-state index contributed by atoms with van der Waals surface area (Å²) in [7, 11) is 1.64. The highest BCUT2D eigenvalue weighted by atomic mass is 16.5. The number of allylic oxidation sites excluding steroid dienone is 1. The van der Waals surface area contributed by atoms with Crippen molar-refractivity contribution in [2.75, 3.05) is 13.7 Å². The molecule has 0 radical (unpaired) electrons. The molecule has 0 aliphatic heterocycles. The van der Waals surface area contributed by atoms with Crippen molar-refractivity contribution < 1.29 is 18.7 Å². The van der Waals surface area contributed by atoms with E-state index in [0.717, 1.165) is 63.3 Å². The van der Waals surface area contributed by atoms with Crippen LogP contribution in [-0.2, 0) is 24.2 Å². The van der Waals surface area contributed by atoms with Gasteiger partial charge in [-0.2, -0.15) is 0 Å². The zero-order valence-corrected chi connectivity index (χ0v) is 19.3. The molecule has 1 N–H and O–H groups in total. The van der Waals surface area contributed by atoms with Gasteiger partial charge in [-0.15, -0.1) is 0 Å². The van der Waals surface area contributed by atoms with Gasteiger partial charge in [-0.1, -0.05) is 12.1 Å². The Hall–Kier alpha value is -3.21. The normalized spacial score (nSPS) is 13.7. The molecular weight excluding hydrogens is 402 g/mol. The summed E-state index contributed by atoms with van der Waals surface area (Å²) < 4.78 is 17.4. The number of carbonyl (C=O) groups is 1. The maximum absolute atomic E-state index is 12.7. The van der Waals surface area contributed by atoms with Crippen LogP contribution in [0.3, 0.4) is 0 Å². The van der Waals surface area contributed by atoms with Crippen molar-refractivity contribution in [3.63, 3.8) is 0 Å². The average molecular weight is 434 g/mol. The molecule has 0 atom stereocenters. The Labute approximate surface area is 189 Å². The Morgan fingerprint density at radius 3 is 2.66 bits per heavy atom. The number of benzene rings is 2.